The first-order valence-corrected chi connectivity index (χ1v) is 3.54. The Hall–Kier alpha value is -1.84. The molecule has 74 valence electrons. The Kier molecular flexibility index (Phi) is 2.86. The van der Waals surface area contributed by atoms with Crippen molar-refractivity contribution in [2.45, 2.75) is 6.18 Å². The van der Waals surface area contributed by atoms with Gasteiger partial charge in [0.05, 0.1) is 6.07 Å². The van der Waals surface area contributed by atoms with Gasteiger partial charge in [0, 0.05) is 6.07 Å². The standard InChI is InChI=1S/C7H5F3N4/c8-7(9,10)5-3-6(12-2-1-11)14-4-13-5/h3-4H,2H2,(H,12,13,14). The molecule has 0 fully saturated rings. The van der Waals surface area contributed by atoms with Crippen LogP contribution in [0, 0.1) is 11.3 Å². The zero-order valence-electron chi connectivity index (χ0n) is 6.84. The number of anilines is 1. The summed E-state index contributed by atoms with van der Waals surface area (Å²) in [6.07, 6.45) is -3.70. The molecule has 0 atom stereocenters. The quantitative estimate of drug-likeness (QED) is 0.737. The van der Waals surface area contributed by atoms with Crippen LogP contribution in [-0.4, -0.2) is 16.5 Å². The van der Waals surface area contributed by atoms with Gasteiger partial charge in [-0.2, -0.15) is 18.4 Å². The second-order valence-corrected chi connectivity index (χ2v) is 2.30. The van der Waals surface area contributed by atoms with Crippen molar-refractivity contribution in [3.05, 3.63) is 18.1 Å². The molecule has 0 saturated carbocycles. The van der Waals surface area contributed by atoms with Crippen molar-refractivity contribution < 1.29 is 13.2 Å². The van der Waals surface area contributed by atoms with Gasteiger partial charge in [-0.1, -0.05) is 0 Å². The first kappa shape index (κ1) is 10.2. The molecule has 0 aliphatic carbocycles. The van der Waals surface area contributed by atoms with E-state index in [1.165, 1.54) is 0 Å². The molecule has 0 aromatic carbocycles. The van der Waals surface area contributed by atoms with Gasteiger partial charge in [0.2, 0.25) is 0 Å². The Balaban J connectivity index is 2.86. The number of nitrogens with zero attached hydrogens (tertiary/aromatic N) is 3. The minimum absolute atomic E-state index is 0.0196. The number of hydrogen-bond acceptors (Lipinski definition) is 4. The SMILES string of the molecule is N#CCNc1cc(C(F)(F)F)ncn1. The van der Waals surface area contributed by atoms with Gasteiger partial charge in [0.15, 0.2) is 0 Å². The van der Waals surface area contributed by atoms with Gasteiger partial charge in [-0.25, -0.2) is 9.97 Å². The number of nitrogens with one attached hydrogen (secondary N) is 1. The maximum absolute atomic E-state index is 12.1. The third kappa shape index (κ3) is 2.58. The van der Waals surface area contributed by atoms with E-state index in [2.05, 4.69) is 15.3 Å². The van der Waals surface area contributed by atoms with Crippen molar-refractivity contribution in [3.63, 3.8) is 0 Å². The molecular formula is C7H5F3N4. The summed E-state index contributed by atoms with van der Waals surface area (Å²) in [5.74, 6) is -0.0196. The molecule has 0 unspecified atom stereocenters. The fourth-order valence-electron chi connectivity index (χ4n) is 0.739. The number of rotatable bonds is 2. The Morgan fingerprint density at radius 1 is 1.43 bits per heavy atom. The molecule has 1 rings (SSSR count). The molecule has 0 saturated heterocycles. The van der Waals surface area contributed by atoms with Crippen molar-refractivity contribution in [3.8, 4) is 6.07 Å². The molecule has 0 amide bonds. The fraction of sp³-hybridized carbons (Fsp3) is 0.286. The van der Waals surface area contributed by atoms with Crippen LogP contribution in [0.1, 0.15) is 5.69 Å². The van der Waals surface area contributed by atoms with E-state index in [4.69, 9.17) is 5.26 Å². The molecule has 7 heteroatoms. The van der Waals surface area contributed by atoms with E-state index in [-0.39, 0.29) is 12.4 Å². The first-order chi connectivity index (χ1) is 6.54. The lowest BCUT2D eigenvalue weighted by molar-refractivity contribution is -0.141. The molecule has 14 heavy (non-hydrogen) atoms. The summed E-state index contributed by atoms with van der Waals surface area (Å²) in [5, 5.41) is 10.6. The normalized spacial score (nSPS) is 10.7. The van der Waals surface area contributed by atoms with Crippen LogP contribution in [0.15, 0.2) is 12.4 Å². The summed E-state index contributed by atoms with van der Waals surface area (Å²) in [6, 6.07) is 2.47. The van der Waals surface area contributed by atoms with Crippen LogP contribution in [0.2, 0.25) is 0 Å². The maximum atomic E-state index is 12.1. The van der Waals surface area contributed by atoms with Crippen molar-refractivity contribution >= 4 is 5.82 Å². The van der Waals surface area contributed by atoms with Gasteiger partial charge < -0.3 is 5.32 Å². The molecule has 0 aliphatic heterocycles. The molecule has 0 spiro atoms. The van der Waals surface area contributed by atoms with Crippen molar-refractivity contribution in [1.82, 2.24) is 9.97 Å². The lowest BCUT2D eigenvalue weighted by atomic mass is 10.4. The Labute approximate surface area is 77.4 Å². The summed E-state index contributed by atoms with van der Waals surface area (Å²) < 4.78 is 36.3. The summed E-state index contributed by atoms with van der Waals surface area (Å²) in [5.41, 5.74) is -1.03. The molecule has 0 aliphatic rings. The van der Waals surface area contributed by atoms with Gasteiger partial charge in [0.25, 0.3) is 0 Å². The van der Waals surface area contributed by atoms with E-state index >= 15 is 0 Å². The van der Waals surface area contributed by atoms with Gasteiger partial charge in [-0.15, -0.1) is 0 Å². The average molecular weight is 202 g/mol. The zero-order chi connectivity index (χ0) is 10.6. The van der Waals surface area contributed by atoms with Crippen LogP contribution in [-0.2, 0) is 6.18 Å². The zero-order valence-corrected chi connectivity index (χ0v) is 6.84. The van der Waals surface area contributed by atoms with Crippen LogP contribution in [0.25, 0.3) is 0 Å². The number of hydrogen-bond donors (Lipinski definition) is 1. The highest BCUT2D eigenvalue weighted by atomic mass is 19.4. The Bertz CT molecular complexity index is 355. The molecule has 0 radical (unpaired) electrons. The Morgan fingerprint density at radius 3 is 2.71 bits per heavy atom. The summed E-state index contributed by atoms with van der Waals surface area (Å²) in [7, 11) is 0. The average Bonchev–Trinajstić information content (AvgIpc) is 2.14. The smallest absolute Gasteiger partial charge is 0.357 e. The lowest BCUT2D eigenvalue weighted by Crippen LogP contribution is -2.10. The lowest BCUT2D eigenvalue weighted by Gasteiger charge is -2.06. The van der Waals surface area contributed by atoms with Gasteiger partial charge in [-0.05, 0) is 0 Å². The monoisotopic (exact) mass is 202 g/mol. The summed E-state index contributed by atoms with van der Waals surface area (Å²) in [4.78, 5) is 6.58. The number of aromatic nitrogens is 2. The molecule has 1 N–H and O–H groups in total. The number of nitriles is 1. The highest BCUT2D eigenvalue weighted by Gasteiger charge is 2.32. The van der Waals surface area contributed by atoms with Gasteiger partial charge in [0.1, 0.15) is 24.4 Å². The van der Waals surface area contributed by atoms with E-state index in [0.717, 1.165) is 12.4 Å². The van der Waals surface area contributed by atoms with Crippen LogP contribution in [0.4, 0.5) is 19.0 Å². The van der Waals surface area contributed by atoms with Crippen LogP contribution in [0.3, 0.4) is 0 Å². The minimum Gasteiger partial charge on any atom is -0.357 e. The van der Waals surface area contributed by atoms with Crippen LogP contribution >= 0.6 is 0 Å². The summed E-state index contributed by atoms with van der Waals surface area (Å²) >= 11 is 0. The van der Waals surface area contributed by atoms with Crippen LogP contribution in [0.5, 0.6) is 0 Å². The molecule has 1 aromatic heterocycles. The molecule has 0 bridgehead atoms. The van der Waals surface area contributed by atoms with E-state index in [9.17, 15) is 13.2 Å². The molecule has 1 aromatic rings. The van der Waals surface area contributed by atoms with Crippen molar-refractivity contribution in [2.24, 2.45) is 0 Å². The third-order valence-corrected chi connectivity index (χ3v) is 1.31. The maximum Gasteiger partial charge on any atom is 0.433 e. The predicted molar refractivity (Wildman–Crippen MR) is 41.1 cm³/mol. The first-order valence-electron chi connectivity index (χ1n) is 3.54. The van der Waals surface area contributed by atoms with Crippen LogP contribution < -0.4 is 5.32 Å². The van der Waals surface area contributed by atoms with E-state index in [1.807, 2.05) is 0 Å². The number of halogens is 3. The second kappa shape index (κ2) is 3.91. The molecule has 1 heterocycles. The highest BCUT2D eigenvalue weighted by Crippen LogP contribution is 2.27. The minimum atomic E-state index is -4.49. The summed E-state index contributed by atoms with van der Waals surface area (Å²) in [6.45, 7) is -0.103. The van der Waals surface area contributed by atoms with E-state index in [0.29, 0.717) is 0 Å². The molecule has 4 nitrogen and oxygen atoms in total. The molecular weight excluding hydrogens is 197 g/mol. The van der Waals surface area contributed by atoms with Crippen molar-refractivity contribution in [2.75, 3.05) is 11.9 Å². The van der Waals surface area contributed by atoms with Crippen molar-refractivity contribution in [1.29, 1.82) is 5.26 Å². The largest absolute Gasteiger partial charge is 0.433 e. The second-order valence-electron chi connectivity index (χ2n) is 2.30. The Morgan fingerprint density at radius 2 is 2.14 bits per heavy atom. The topological polar surface area (TPSA) is 61.6 Å². The fourth-order valence-corrected chi connectivity index (χ4v) is 0.739. The number of alkyl halides is 3. The predicted octanol–water partition coefficient (Wildman–Crippen LogP) is 1.43. The van der Waals surface area contributed by atoms with E-state index in [1.54, 1.807) is 6.07 Å². The highest BCUT2D eigenvalue weighted by molar-refractivity contribution is 5.36. The van der Waals surface area contributed by atoms with Gasteiger partial charge in [-0.3, -0.25) is 0 Å². The van der Waals surface area contributed by atoms with E-state index < -0.39 is 11.9 Å². The third-order valence-electron chi connectivity index (χ3n) is 1.31. The van der Waals surface area contributed by atoms with Gasteiger partial charge >= 0.3 is 6.18 Å².